The molecule has 1 aromatic carbocycles. The Labute approximate surface area is 125 Å². The highest BCUT2D eigenvalue weighted by Gasteiger charge is 2.33. The highest BCUT2D eigenvalue weighted by molar-refractivity contribution is 5.37. The molecule has 0 amide bonds. The number of rotatable bonds is 4. The standard InChI is InChI=1S/C17H20N2O2/c1-2-19(11-13-7-5-6-10-18-13)15-12-21-16-9-4-3-8-14(16)17(15)20/h3-10,15,17,20H,2,11-12H2,1H3. The van der Waals surface area contributed by atoms with Crippen molar-refractivity contribution >= 4 is 0 Å². The van der Waals surface area contributed by atoms with Gasteiger partial charge in [-0.25, -0.2) is 0 Å². The van der Waals surface area contributed by atoms with E-state index in [4.69, 9.17) is 4.74 Å². The van der Waals surface area contributed by atoms with E-state index < -0.39 is 6.10 Å². The van der Waals surface area contributed by atoms with Gasteiger partial charge in [0.15, 0.2) is 0 Å². The lowest BCUT2D eigenvalue weighted by atomic mass is 9.98. The van der Waals surface area contributed by atoms with E-state index in [0.29, 0.717) is 13.2 Å². The molecule has 0 fully saturated rings. The minimum atomic E-state index is -0.529. The Hall–Kier alpha value is -1.91. The van der Waals surface area contributed by atoms with Gasteiger partial charge in [-0.3, -0.25) is 9.88 Å². The fourth-order valence-electron chi connectivity index (χ4n) is 2.80. The van der Waals surface area contributed by atoms with Crippen molar-refractivity contribution in [2.75, 3.05) is 13.2 Å². The maximum absolute atomic E-state index is 10.7. The van der Waals surface area contributed by atoms with Gasteiger partial charge in [-0.2, -0.15) is 0 Å². The van der Waals surface area contributed by atoms with Crippen molar-refractivity contribution in [3.8, 4) is 5.75 Å². The number of hydrogen-bond acceptors (Lipinski definition) is 4. The summed E-state index contributed by atoms with van der Waals surface area (Å²) < 4.78 is 5.80. The lowest BCUT2D eigenvalue weighted by Crippen LogP contribution is -2.45. The number of aliphatic hydroxyl groups is 1. The van der Waals surface area contributed by atoms with Crippen molar-refractivity contribution in [3.05, 3.63) is 59.9 Å². The van der Waals surface area contributed by atoms with Crippen molar-refractivity contribution in [1.29, 1.82) is 0 Å². The molecule has 1 aromatic heterocycles. The van der Waals surface area contributed by atoms with Crippen LogP contribution in [0.15, 0.2) is 48.7 Å². The van der Waals surface area contributed by atoms with Crippen LogP contribution in [-0.4, -0.2) is 34.2 Å². The van der Waals surface area contributed by atoms with E-state index >= 15 is 0 Å². The summed E-state index contributed by atoms with van der Waals surface area (Å²) >= 11 is 0. The molecule has 0 spiro atoms. The molecule has 0 saturated carbocycles. The van der Waals surface area contributed by atoms with Crippen LogP contribution in [-0.2, 0) is 6.54 Å². The third-order valence-electron chi connectivity index (χ3n) is 3.98. The normalized spacial score (nSPS) is 20.9. The summed E-state index contributed by atoms with van der Waals surface area (Å²) in [6.45, 7) is 4.14. The maximum Gasteiger partial charge on any atom is 0.125 e. The molecule has 2 heterocycles. The van der Waals surface area contributed by atoms with Crippen molar-refractivity contribution in [3.63, 3.8) is 0 Å². The zero-order valence-corrected chi connectivity index (χ0v) is 12.1. The van der Waals surface area contributed by atoms with E-state index in [-0.39, 0.29) is 6.04 Å². The molecule has 0 radical (unpaired) electrons. The molecular weight excluding hydrogens is 264 g/mol. The van der Waals surface area contributed by atoms with Crippen LogP contribution in [0.1, 0.15) is 24.3 Å². The Morgan fingerprint density at radius 2 is 2.05 bits per heavy atom. The van der Waals surface area contributed by atoms with Crippen LogP contribution >= 0.6 is 0 Å². The van der Waals surface area contributed by atoms with Crippen LogP contribution in [0.3, 0.4) is 0 Å². The van der Waals surface area contributed by atoms with Crippen LogP contribution in [0.4, 0.5) is 0 Å². The molecular formula is C17H20N2O2. The molecule has 1 N–H and O–H groups in total. The molecule has 2 unspecified atom stereocenters. The second kappa shape index (κ2) is 6.24. The monoisotopic (exact) mass is 284 g/mol. The predicted octanol–water partition coefficient (Wildman–Crippen LogP) is 2.40. The predicted molar refractivity (Wildman–Crippen MR) is 81.0 cm³/mol. The zero-order chi connectivity index (χ0) is 14.7. The lowest BCUT2D eigenvalue weighted by molar-refractivity contribution is 0.00133. The van der Waals surface area contributed by atoms with Crippen LogP contribution in [0.5, 0.6) is 5.75 Å². The number of hydrogen-bond donors (Lipinski definition) is 1. The molecule has 1 aliphatic rings. The number of aliphatic hydroxyl groups excluding tert-OH is 1. The lowest BCUT2D eigenvalue weighted by Gasteiger charge is -2.37. The summed E-state index contributed by atoms with van der Waals surface area (Å²) in [6.07, 6.45) is 1.27. The van der Waals surface area contributed by atoms with Gasteiger partial charge in [0.2, 0.25) is 0 Å². The second-order valence-electron chi connectivity index (χ2n) is 5.25. The van der Waals surface area contributed by atoms with Crippen LogP contribution < -0.4 is 4.74 Å². The summed E-state index contributed by atoms with van der Waals surface area (Å²) in [7, 11) is 0. The summed E-state index contributed by atoms with van der Waals surface area (Å²) in [5.74, 6) is 0.787. The molecule has 0 bridgehead atoms. The van der Waals surface area contributed by atoms with E-state index in [2.05, 4.69) is 16.8 Å². The van der Waals surface area contributed by atoms with Crippen molar-refractivity contribution in [1.82, 2.24) is 9.88 Å². The molecule has 4 heteroatoms. The Morgan fingerprint density at radius 1 is 1.24 bits per heavy atom. The largest absolute Gasteiger partial charge is 0.491 e. The minimum Gasteiger partial charge on any atom is -0.491 e. The van der Waals surface area contributed by atoms with Gasteiger partial charge in [0.05, 0.1) is 11.7 Å². The zero-order valence-electron chi connectivity index (χ0n) is 12.1. The molecule has 110 valence electrons. The van der Waals surface area contributed by atoms with Gasteiger partial charge in [-0.05, 0) is 24.7 Å². The van der Waals surface area contributed by atoms with Gasteiger partial charge in [-0.15, -0.1) is 0 Å². The first kappa shape index (κ1) is 14.0. The smallest absolute Gasteiger partial charge is 0.125 e. The second-order valence-corrected chi connectivity index (χ2v) is 5.25. The molecule has 2 aromatic rings. The van der Waals surface area contributed by atoms with Crippen LogP contribution in [0, 0.1) is 0 Å². The van der Waals surface area contributed by atoms with Gasteiger partial charge >= 0.3 is 0 Å². The SMILES string of the molecule is CCN(Cc1ccccn1)C1COc2ccccc2C1O. The maximum atomic E-state index is 10.7. The van der Waals surface area contributed by atoms with Crippen LogP contribution in [0.2, 0.25) is 0 Å². The molecule has 3 rings (SSSR count). The van der Waals surface area contributed by atoms with E-state index in [9.17, 15) is 5.11 Å². The first-order valence-corrected chi connectivity index (χ1v) is 7.33. The fraction of sp³-hybridized carbons (Fsp3) is 0.353. The van der Waals surface area contributed by atoms with Gasteiger partial charge in [-0.1, -0.05) is 31.2 Å². The van der Waals surface area contributed by atoms with Gasteiger partial charge in [0.25, 0.3) is 0 Å². The number of para-hydroxylation sites is 1. The van der Waals surface area contributed by atoms with Crippen molar-refractivity contribution in [2.24, 2.45) is 0 Å². The molecule has 21 heavy (non-hydrogen) atoms. The van der Waals surface area contributed by atoms with Gasteiger partial charge in [0.1, 0.15) is 18.5 Å². The van der Waals surface area contributed by atoms with Crippen LogP contribution in [0.25, 0.3) is 0 Å². The summed E-state index contributed by atoms with van der Waals surface area (Å²) in [5.41, 5.74) is 1.87. The topological polar surface area (TPSA) is 45.6 Å². The van der Waals surface area contributed by atoms with E-state index in [1.165, 1.54) is 0 Å². The summed E-state index contributed by atoms with van der Waals surface area (Å²) in [5, 5.41) is 10.7. The minimum absolute atomic E-state index is 0.0492. The third-order valence-corrected chi connectivity index (χ3v) is 3.98. The highest BCUT2D eigenvalue weighted by atomic mass is 16.5. The average Bonchev–Trinajstić information content (AvgIpc) is 2.55. The van der Waals surface area contributed by atoms with E-state index in [1.807, 2.05) is 42.5 Å². The third kappa shape index (κ3) is 2.91. The number of ether oxygens (including phenoxy) is 1. The first-order valence-electron chi connectivity index (χ1n) is 7.33. The Balaban J connectivity index is 1.79. The molecule has 0 saturated heterocycles. The first-order chi connectivity index (χ1) is 10.3. The number of fused-ring (bicyclic) bond motifs is 1. The molecule has 1 aliphatic heterocycles. The number of aromatic nitrogens is 1. The number of likely N-dealkylation sites (N-methyl/N-ethyl adjacent to an activating group) is 1. The summed E-state index contributed by atoms with van der Waals surface area (Å²) in [4.78, 5) is 6.58. The quantitative estimate of drug-likeness (QED) is 0.936. The van der Waals surface area contributed by atoms with Gasteiger partial charge in [0, 0.05) is 18.3 Å². The fourth-order valence-corrected chi connectivity index (χ4v) is 2.80. The summed E-state index contributed by atoms with van der Waals surface area (Å²) in [6, 6.07) is 13.6. The van der Waals surface area contributed by atoms with E-state index in [0.717, 1.165) is 23.6 Å². The Kier molecular flexibility index (Phi) is 4.18. The molecule has 0 aliphatic carbocycles. The Bertz CT molecular complexity index is 588. The van der Waals surface area contributed by atoms with Gasteiger partial charge < -0.3 is 9.84 Å². The van der Waals surface area contributed by atoms with Crippen molar-refractivity contribution in [2.45, 2.75) is 25.6 Å². The van der Waals surface area contributed by atoms with E-state index in [1.54, 1.807) is 6.20 Å². The van der Waals surface area contributed by atoms with Crippen molar-refractivity contribution < 1.29 is 9.84 Å². The number of pyridine rings is 1. The number of nitrogens with zero attached hydrogens (tertiary/aromatic N) is 2. The molecule has 4 nitrogen and oxygen atoms in total. The Morgan fingerprint density at radius 3 is 2.81 bits per heavy atom. The molecule has 2 atom stereocenters. The average molecular weight is 284 g/mol. The number of benzene rings is 1. The highest BCUT2D eigenvalue weighted by Crippen LogP contribution is 2.34.